The summed E-state index contributed by atoms with van der Waals surface area (Å²) < 4.78 is 0. The molecule has 2 aromatic carbocycles. The number of fused-ring (bicyclic) bond motifs is 1. The lowest BCUT2D eigenvalue weighted by Gasteiger charge is -2.46. The van der Waals surface area contributed by atoms with E-state index in [4.69, 9.17) is 0 Å². The summed E-state index contributed by atoms with van der Waals surface area (Å²) in [5.41, 5.74) is 4.25. The molecule has 0 bridgehead atoms. The van der Waals surface area contributed by atoms with Crippen LogP contribution in [0.15, 0.2) is 60.7 Å². The van der Waals surface area contributed by atoms with E-state index in [2.05, 4.69) is 92.4 Å². The summed E-state index contributed by atoms with van der Waals surface area (Å²) >= 11 is 0. The quantitative estimate of drug-likeness (QED) is 0.698. The number of nitrogens with zero attached hydrogens (tertiary/aromatic N) is 1. The van der Waals surface area contributed by atoms with Crippen molar-refractivity contribution in [1.82, 2.24) is 0 Å². The fourth-order valence-electron chi connectivity index (χ4n) is 3.96. The SMILES string of the molecule is CC(C)CC(C)(Cc1ccccc1)N1CC=Cc2ccccc21. The first-order chi connectivity index (χ1) is 11.1. The van der Waals surface area contributed by atoms with E-state index in [1.807, 2.05) is 0 Å². The van der Waals surface area contributed by atoms with Crippen LogP contribution in [0, 0.1) is 5.92 Å². The van der Waals surface area contributed by atoms with Gasteiger partial charge in [-0.1, -0.05) is 74.5 Å². The number of para-hydroxylation sites is 1. The van der Waals surface area contributed by atoms with Crippen molar-refractivity contribution in [2.75, 3.05) is 11.4 Å². The Bertz CT molecular complexity index is 671. The summed E-state index contributed by atoms with van der Waals surface area (Å²) in [7, 11) is 0. The zero-order valence-electron chi connectivity index (χ0n) is 14.5. The molecule has 1 aliphatic heterocycles. The molecule has 1 heterocycles. The van der Waals surface area contributed by atoms with Gasteiger partial charge in [0.25, 0.3) is 0 Å². The first-order valence-electron chi connectivity index (χ1n) is 8.66. The molecule has 23 heavy (non-hydrogen) atoms. The van der Waals surface area contributed by atoms with E-state index in [0.29, 0.717) is 5.92 Å². The van der Waals surface area contributed by atoms with E-state index in [0.717, 1.165) is 13.0 Å². The maximum Gasteiger partial charge on any atom is 0.0447 e. The van der Waals surface area contributed by atoms with Crippen molar-refractivity contribution < 1.29 is 0 Å². The first-order valence-corrected chi connectivity index (χ1v) is 8.66. The molecule has 1 aliphatic rings. The highest BCUT2D eigenvalue weighted by molar-refractivity contribution is 5.72. The molecule has 1 unspecified atom stereocenters. The van der Waals surface area contributed by atoms with Crippen molar-refractivity contribution in [2.45, 2.75) is 39.2 Å². The minimum atomic E-state index is 0.121. The minimum absolute atomic E-state index is 0.121. The number of hydrogen-bond acceptors (Lipinski definition) is 1. The molecule has 2 aromatic rings. The lowest BCUT2D eigenvalue weighted by atomic mass is 9.82. The maximum atomic E-state index is 2.61. The maximum absolute atomic E-state index is 2.61. The zero-order valence-corrected chi connectivity index (χ0v) is 14.5. The molecule has 1 heteroatoms. The van der Waals surface area contributed by atoms with Gasteiger partial charge in [-0.05, 0) is 42.9 Å². The van der Waals surface area contributed by atoms with Crippen molar-refractivity contribution in [3.8, 4) is 0 Å². The van der Waals surface area contributed by atoms with Gasteiger partial charge in [-0.2, -0.15) is 0 Å². The Morgan fingerprint density at radius 2 is 1.70 bits per heavy atom. The Morgan fingerprint density at radius 3 is 2.43 bits per heavy atom. The lowest BCUT2D eigenvalue weighted by molar-refractivity contribution is 0.344. The largest absolute Gasteiger partial charge is 0.362 e. The van der Waals surface area contributed by atoms with Gasteiger partial charge >= 0.3 is 0 Å². The van der Waals surface area contributed by atoms with Crippen molar-refractivity contribution in [2.24, 2.45) is 5.92 Å². The van der Waals surface area contributed by atoms with E-state index in [9.17, 15) is 0 Å². The summed E-state index contributed by atoms with van der Waals surface area (Å²) in [5.74, 6) is 0.668. The van der Waals surface area contributed by atoms with Crippen LogP contribution in [0.1, 0.15) is 38.3 Å². The molecular formula is C22H27N. The fourth-order valence-corrected chi connectivity index (χ4v) is 3.96. The second kappa shape index (κ2) is 6.62. The normalized spacial score (nSPS) is 16.3. The van der Waals surface area contributed by atoms with Crippen LogP contribution in [0.3, 0.4) is 0 Å². The Morgan fingerprint density at radius 1 is 1.00 bits per heavy atom. The number of benzene rings is 2. The van der Waals surface area contributed by atoms with E-state index in [1.54, 1.807) is 0 Å². The molecule has 0 radical (unpaired) electrons. The summed E-state index contributed by atoms with van der Waals surface area (Å²) in [6.45, 7) is 8.08. The standard InChI is InChI=1S/C22H27N/c1-18(2)16-22(3,17-19-10-5-4-6-11-19)23-15-9-13-20-12-7-8-14-21(20)23/h4-14,18H,15-17H2,1-3H3. The minimum Gasteiger partial charge on any atom is -0.362 e. The van der Waals surface area contributed by atoms with Gasteiger partial charge in [0.15, 0.2) is 0 Å². The Balaban J connectivity index is 1.97. The van der Waals surface area contributed by atoms with E-state index in [-0.39, 0.29) is 5.54 Å². The number of hydrogen-bond donors (Lipinski definition) is 0. The fraction of sp³-hybridized carbons (Fsp3) is 0.364. The second-order valence-electron chi connectivity index (χ2n) is 7.33. The van der Waals surface area contributed by atoms with Crippen molar-refractivity contribution in [1.29, 1.82) is 0 Å². The Kier molecular flexibility index (Phi) is 4.56. The van der Waals surface area contributed by atoms with E-state index < -0.39 is 0 Å². The van der Waals surface area contributed by atoms with Crippen LogP contribution in [0.2, 0.25) is 0 Å². The van der Waals surface area contributed by atoms with Gasteiger partial charge in [-0.15, -0.1) is 0 Å². The monoisotopic (exact) mass is 305 g/mol. The molecule has 0 N–H and O–H groups in total. The summed E-state index contributed by atoms with van der Waals surface area (Å²) in [4.78, 5) is 2.61. The summed E-state index contributed by atoms with van der Waals surface area (Å²) in [6, 6.07) is 19.7. The van der Waals surface area contributed by atoms with Crippen LogP contribution in [-0.4, -0.2) is 12.1 Å². The van der Waals surface area contributed by atoms with Gasteiger partial charge in [0, 0.05) is 17.8 Å². The average molecular weight is 305 g/mol. The summed E-state index contributed by atoms with van der Waals surface area (Å²) in [5, 5.41) is 0. The highest BCUT2D eigenvalue weighted by atomic mass is 15.2. The molecule has 0 amide bonds. The van der Waals surface area contributed by atoms with Gasteiger partial charge in [0.05, 0.1) is 0 Å². The molecule has 0 aromatic heterocycles. The third-order valence-electron chi connectivity index (χ3n) is 4.74. The smallest absolute Gasteiger partial charge is 0.0447 e. The van der Waals surface area contributed by atoms with Gasteiger partial charge in [-0.3, -0.25) is 0 Å². The van der Waals surface area contributed by atoms with Gasteiger partial charge < -0.3 is 4.90 Å². The zero-order chi connectivity index (χ0) is 16.3. The van der Waals surface area contributed by atoms with Crippen LogP contribution in [0.25, 0.3) is 6.08 Å². The van der Waals surface area contributed by atoms with E-state index >= 15 is 0 Å². The third kappa shape index (κ3) is 3.50. The lowest BCUT2D eigenvalue weighted by Crippen LogP contribution is -2.50. The average Bonchev–Trinajstić information content (AvgIpc) is 2.54. The van der Waals surface area contributed by atoms with Crippen molar-refractivity contribution in [3.63, 3.8) is 0 Å². The predicted octanol–water partition coefficient (Wildman–Crippen LogP) is 5.57. The molecule has 3 rings (SSSR count). The van der Waals surface area contributed by atoms with Crippen molar-refractivity contribution >= 4 is 11.8 Å². The third-order valence-corrected chi connectivity index (χ3v) is 4.74. The van der Waals surface area contributed by atoms with Crippen LogP contribution < -0.4 is 4.90 Å². The predicted molar refractivity (Wildman–Crippen MR) is 101 cm³/mol. The number of rotatable bonds is 5. The van der Waals surface area contributed by atoms with Gasteiger partial charge in [0.1, 0.15) is 0 Å². The Hall–Kier alpha value is -2.02. The molecule has 0 saturated heterocycles. The molecule has 0 fully saturated rings. The van der Waals surface area contributed by atoms with Gasteiger partial charge in [-0.25, -0.2) is 0 Å². The molecule has 0 aliphatic carbocycles. The van der Waals surface area contributed by atoms with Crippen LogP contribution in [0.5, 0.6) is 0 Å². The van der Waals surface area contributed by atoms with Crippen molar-refractivity contribution in [3.05, 3.63) is 71.8 Å². The van der Waals surface area contributed by atoms with Crippen LogP contribution in [-0.2, 0) is 6.42 Å². The topological polar surface area (TPSA) is 3.24 Å². The molecule has 1 atom stereocenters. The highest BCUT2D eigenvalue weighted by Gasteiger charge is 2.34. The Labute approximate surface area is 140 Å². The molecule has 0 spiro atoms. The van der Waals surface area contributed by atoms with Gasteiger partial charge in [0.2, 0.25) is 0 Å². The molecule has 0 saturated carbocycles. The highest BCUT2D eigenvalue weighted by Crippen LogP contribution is 2.36. The second-order valence-corrected chi connectivity index (χ2v) is 7.33. The number of anilines is 1. The summed E-state index contributed by atoms with van der Waals surface area (Å²) in [6.07, 6.45) is 6.81. The van der Waals surface area contributed by atoms with E-state index in [1.165, 1.54) is 23.2 Å². The molecule has 120 valence electrons. The molecular weight excluding hydrogens is 278 g/mol. The van der Waals surface area contributed by atoms with Crippen LogP contribution in [0.4, 0.5) is 5.69 Å². The van der Waals surface area contributed by atoms with Crippen LogP contribution >= 0.6 is 0 Å². The first kappa shape index (κ1) is 15.9. The molecule has 1 nitrogen and oxygen atoms in total.